The van der Waals surface area contributed by atoms with E-state index in [9.17, 15) is 4.79 Å². The molecular formula is C25H28N4O2. The van der Waals surface area contributed by atoms with Crippen LogP contribution in [0.5, 0.6) is 5.75 Å². The number of benzene rings is 2. The third-order valence-corrected chi connectivity index (χ3v) is 5.51. The predicted molar refractivity (Wildman–Crippen MR) is 123 cm³/mol. The fourth-order valence-corrected chi connectivity index (χ4v) is 3.77. The molecule has 1 N–H and O–H groups in total. The summed E-state index contributed by atoms with van der Waals surface area (Å²) in [6.45, 7) is 4.14. The number of carbonyl (C=O) groups is 1. The summed E-state index contributed by atoms with van der Waals surface area (Å²) in [6.07, 6.45) is 4.59. The first kappa shape index (κ1) is 20.8. The van der Waals surface area contributed by atoms with Crippen LogP contribution in [0.2, 0.25) is 0 Å². The lowest BCUT2D eigenvalue weighted by Crippen LogP contribution is -2.30. The Balaban J connectivity index is 1.33. The Labute approximate surface area is 183 Å². The monoisotopic (exact) mass is 416 g/mol. The van der Waals surface area contributed by atoms with Crippen molar-refractivity contribution in [3.63, 3.8) is 0 Å². The molecule has 0 atom stereocenters. The first-order valence-corrected chi connectivity index (χ1v) is 10.9. The number of aryl methyl sites for hydroxylation is 1. The SMILES string of the molecule is CCc1ccccc1OCC(=O)Nc1ccc(-c2ccc(N3CCCCC3)nn2)cc1. The summed E-state index contributed by atoms with van der Waals surface area (Å²) in [5.74, 6) is 1.50. The van der Waals surface area contributed by atoms with E-state index >= 15 is 0 Å². The molecule has 6 heteroatoms. The zero-order valence-electron chi connectivity index (χ0n) is 17.9. The van der Waals surface area contributed by atoms with E-state index in [1.165, 1.54) is 19.3 Å². The van der Waals surface area contributed by atoms with Crippen LogP contribution >= 0.6 is 0 Å². The van der Waals surface area contributed by atoms with E-state index in [1.54, 1.807) is 0 Å². The smallest absolute Gasteiger partial charge is 0.262 e. The van der Waals surface area contributed by atoms with E-state index < -0.39 is 0 Å². The van der Waals surface area contributed by atoms with Gasteiger partial charge in [0, 0.05) is 24.3 Å². The van der Waals surface area contributed by atoms with Crippen LogP contribution < -0.4 is 15.0 Å². The third-order valence-electron chi connectivity index (χ3n) is 5.51. The first-order valence-electron chi connectivity index (χ1n) is 10.9. The van der Waals surface area contributed by atoms with E-state index in [4.69, 9.17) is 4.74 Å². The number of hydrogen-bond donors (Lipinski definition) is 1. The van der Waals surface area contributed by atoms with Crippen LogP contribution in [0.15, 0.2) is 60.7 Å². The molecule has 31 heavy (non-hydrogen) atoms. The lowest BCUT2D eigenvalue weighted by Gasteiger charge is -2.27. The standard InChI is InChI=1S/C25H28N4O2/c1-2-19-8-4-5-9-23(19)31-18-25(30)26-21-12-10-20(11-13-21)22-14-15-24(28-27-22)29-16-6-3-7-17-29/h4-5,8-15H,2-3,6-7,16-18H2,1H3,(H,26,30). The number of amides is 1. The number of nitrogens with zero attached hydrogens (tertiary/aromatic N) is 3. The van der Waals surface area contributed by atoms with Crippen molar-refractivity contribution in [3.05, 3.63) is 66.2 Å². The summed E-state index contributed by atoms with van der Waals surface area (Å²) in [5, 5.41) is 11.7. The molecular weight excluding hydrogens is 388 g/mol. The summed E-state index contributed by atoms with van der Waals surface area (Å²) >= 11 is 0. The second kappa shape index (κ2) is 10.1. The van der Waals surface area contributed by atoms with E-state index in [1.807, 2.05) is 60.7 Å². The fourth-order valence-electron chi connectivity index (χ4n) is 3.77. The van der Waals surface area contributed by atoms with Gasteiger partial charge in [-0.1, -0.05) is 37.3 Å². The minimum Gasteiger partial charge on any atom is -0.483 e. The number of piperidine rings is 1. The van der Waals surface area contributed by atoms with Crippen LogP contribution in [-0.2, 0) is 11.2 Å². The van der Waals surface area contributed by atoms with Gasteiger partial charge in [0.15, 0.2) is 12.4 Å². The minimum absolute atomic E-state index is 0.0256. The Hall–Kier alpha value is -3.41. The van der Waals surface area contributed by atoms with Crippen LogP contribution in [0.1, 0.15) is 31.7 Å². The minimum atomic E-state index is -0.190. The molecule has 0 aliphatic carbocycles. The summed E-state index contributed by atoms with van der Waals surface area (Å²) < 4.78 is 5.68. The molecule has 6 nitrogen and oxygen atoms in total. The van der Waals surface area contributed by atoms with E-state index in [2.05, 4.69) is 27.3 Å². The van der Waals surface area contributed by atoms with Gasteiger partial charge in [-0.05, 0) is 61.6 Å². The normalized spacial score (nSPS) is 13.6. The molecule has 4 rings (SSSR count). The molecule has 1 amide bonds. The summed E-state index contributed by atoms with van der Waals surface area (Å²) in [7, 11) is 0. The lowest BCUT2D eigenvalue weighted by atomic mass is 10.1. The van der Waals surface area contributed by atoms with Crippen LogP contribution in [-0.4, -0.2) is 35.8 Å². The Bertz CT molecular complexity index is 997. The number of carbonyl (C=O) groups excluding carboxylic acids is 1. The molecule has 3 aromatic rings. The van der Waals surface area contributed by atoms with Crippen molar-refractivity contribution < 1.29 is 9.53 Å². The van der Waals surface area contributed by atoms with Crippen molar-refractivity contribution in [1.82, 2.24) is 10.2 Å². The van der Waals surface area contributed by atoms with Gasteiger partial charge in [-0.25, -0.2) is 0 Å². The Morgan fingerprint density at radius 3 is 2.45 bits per heavy atom. The number of ether oxygens (including phenoxy) is 1. The van der Waals surface area contributed by atoms with Gasteiger partial charge in [0.25, 0.3) is 5.91 Å². The molecule has 1 aliphatic heterocycles. The van der Waals surface area contributed by atoms with Crippen LogP contribution in [0.25, 0.3) is 11.3 Å². The maximum atomic E-state index is 12.3. The van der Waals surface area contributed by atoms with Gasteiger partial charge >= 0.3 is 0 Å². The van der Waals surface area contributed by atoms with Crippen molar-refractivity contribution in [2.75, 3.05) is 29.9 Å². The Kier molecular flexibility index (Phi) is 6.77. The predicted octanol–water partition coefficient (Wildman–Crippen LogP) is 4.71. The van der Waals surface area contributed by atoms with Crippen LogP contribution in [0, 0.1) is 0 Å². The first-order chi connectivity index (χ1) is 15.2. The van der Waals surface area contributed by atoms with Gasteiger partial charge in [0.05, 0.1) is 5.69 Å². The molecule has 2 heterocycles. The topological polar surface area (TPSA) is 67.3 Å². The molecule has 2 aromatic carbocycles. The van der Waals surface area contributed by atoms with Gasteiger partial charge in [-0.2, -0.15) is 0 Å². The highest BCUT2D eigenvalue weighted by Crippen LogP contribution is 2.23. The Morgan fingerprint density at radius 2 is 1.74 bits per heavy atom. The van der Waals surface area contributed by atoms with E-state index in [0.717, 1.165) is 53.6 Å². The largest absolute Gasteiger partial charge is 0.483 e. The zero-order valence-corrected chi connectivity index (χ0v) is 17.9. The van der Waals surface area contributed by atoms with Crippen LogP contribution in [0.4, 0.5) is 11.5 Å². The highest BCUT2D eigenvalue weighted by atomic mass is 16.5. The molecule has 0 unspecified atom stereocenters. The molecule has 160 valence electrons. The molecule has 1 aromatic heterocycles. The highest BCUT2D eigenvalue weighted by molar-refractivity contribution is 5.92. The van der Waals surface area contributed by atoms with Gasteiger partial charge in [0.1, 0.15) is 5.75 Å². The number of aromatic nitrogens is 2. The van der Waals surface area contributed by atoms with Crippen molar-refractivity contribution in [2.24, 2.45) is 0 Å². The van der Waals surface area contributed by atoms with Crippen molar-refractivity contribution in [2.45, 2.75) is 32.6 Å². The summed E-state index contributed by atoms with van der Waals surface area (Å²) in [6, 6.07) is 19.4. The maximum absolute atomic E-state index is 12.3. The number of rotatable bonds is 7. The fraction of sp³-hybridized carbons (Fsp3) is 0.320. The van der Waals surface area contributed by atoms with Crippen LogP contribution in [0.3, 0.4) is 0 Å². The van der Waals surface area contributed by atoms with Gasteiger partial charge in [-0.3, -0.25) is 4.79 Å². The number of para-hydroxylation sites is 1. The molecule has 0 bridgehead atoms. The maximum Gasteiger partial charge on any atom is 0.262 e. The van der Waals surface area contributed by atoms with Crippen molar-refractivity contribution in [1.29, 1.82) is 0 Å². The summed E-state index contributed by atoms with van der Waals surface area (Å²) in [4.78, 5) is 14.6. The summed E-state index contributed by atoms with van der Waals surface area (Å²) in [5.41, 5.74) is 3.59. The second-order valence-corrected chi connectivity index (χ2v) is 7.70. The number of nitrogens with one attached hydrogen (secondary N) is 1. The zero-order chi connectivity index (χ0) is 21.5. The third kappa shape index (κ3) is 5.40. The molecule has 1 aliphatic rings. The van der Waals surface area contributed by atoms with Gasteiger partial charge in [0.2, 0.25) is 0 Å². The van der Waals surface area contributed by atoms with Crippen molar-refractivity contribution in [3.8, 4) is 17.0 Å². The van der Waals surface area contributed by atoms with E-state index in [0.29, 0.717) is 0 Å². The molecule has 0 radical (unpaired) electrons. The molecule has 0 spiro atoms. The molecule has 1 saturated heterocycles. The Morgan fingerprint density at radius 1 is 0.968 bits per heavy atom. The quantitative estimate of drug-likeness (QED) is 0.604. The molecule has 0 saturated carbocycles. The van der Waals surface area contributed by atoms with Crippen molar-refractivity contribution >= 4 is 17.4 Å². The molecule has 1 fully saturated rings. The highest BCUT2D eigenvalue weighted by Gasteiger charge is 2.13. The average molecular weight is 417 g/mol. The van der Waals surface area contributed by atoms with Gasteiger partial charge in [-0.15, -0.1) is 10.2 Å². The second-order valence-electron chi connectivity index (χ2n) is 7.70. The van der Waals surface area contributed by atoms with Gasteiger partial charge < -0.3 is 15.0 Å². The average Bonchev–Trinajstić information content (AvgIpc) is 2.84. The van der Waals surface area contributed by atoms with E-state index in [-0.39, 0.29) is 12.5 Å². The lowest BCUT2D eigenvalue weighted by molar-refractivity contribution is -0.118. The number of anilines is 2. The number of hydrogen-bond acceptors (Lipinski definition) is 5.